The molecule has 0 fully saturated rings. The molecule has 0 radical (unpaired) electrons. The fraction of sp³-hybridized carbons (Fsp3) is 0. The van der Waals surface area contributed by atoms with Crippen molar-refractivity contribution < 1.29 is 8.83 Å². The lowest BCUT2D eigenvalue weighted by atomic mass is 9.98. The lowest BCUT2D eigenvalue weighted by molar-refractivity contribution is 0.670. The van der Waals surface area contributed by atoms with Crippen molar-refractivity contribution in [3.05, 3.63) is 279 Å². The Morgan fingerprint density at radius 2 is 0.688 bits per heavy atom. The normalized spacial score (nSPS) is 12.2. The van der Waals surface area contributed by atoms with Crippen LogP contribution in [0.3, 0.4) is 0 Å². The molecule has 0 saturated heterocycles. The number of aromatic nitrogens is 2. The van der Waals surface area contributed by atoms with E-state index in [1.54, 1.807) is 0 Å². The maximum atomic E-state index is 7.23. The second-order valence-electron chi connectivity index (χ2n) is 20.3. The average molecular weight is 999 g/mol. The molecular weight excluding hydrogens is 953 g/mol. The smallest absolute Gasteiger partial charge is 0.188 e. The third-order valence-electron chi connectivity index (χ3n) is 16.3. The highest BCUT2D eigenvalue weighted by molar-refractivity contribution is 7.21. The maximum absolute atomic E-state index is 7.23. The van der Waals surface area contributed by atoms with E-state index in [0.717, 1.165) is 71.9 Å². The molecular formula is C72H46N2O2Si. The molecule has 5 heteroatoms. The predicted octanol–water partition coefficient (Wildman–Crippen LogP) is 16.4. The number of fused-ring (bicyclic) bond motifs is 12. The van der Waals surface area contributed by atoms with Crippen molar-refractivity contribution in [3.63, 3.8) is 0 Å². The molecule has 16 rings (SSSR count). The molecule has 0 amide bonds. The molecule has 0 saturated carbocycles. The van der Waals surface area contributed by atoms with Crippen LogP contribution in [-0.4, -0.2) is 17.2 Å². The number of para-hydroxylation sites is 7. The van der Waals surface area contributed by atoms with Gasteiger partial charge in [0, 0.05) is 54.3 Å². The van der Waals surface area contributed by atoms with Crippen LogP contribution >= 0.6 is 0 Å². The molecule has 0 unspecified atom stereocenters. The van der Waals surface area contributed by atoms with Crippen molar-refractivity contribution in [3.8, 4) is 33.6 Å². The van der Waals surface area contributed by atoms with Crippen LogP contribution in [0.1, 0.15) is 0 Å². The van der Waals surface area contributed by atoms with Crippen molar-refractivity contribution in [2.75, 3.05) is 0 Å². The van der Waals surface area contributed by atoms with E-state index in [-0.39, 0.29) is 0 Å². The van der Waals surface area contributed by atoms with Crippen LogP contribution in [0, 0.1) is 0 Å². The van der Waals surface area contributed by atoms with Crippen LogP contribution in [0.4, 0.5) is 0 Å². The van der Waals surface area contributed by atoms with Crippen LogP contribution < -0.4 is 20.7 Å². The Balaban J connectivity index is 0.853. The summed E-state index contributed by atoms with van der Waals surface area (Å²) in [6.45, 7) is 0. The standard InChI is InChI=1S/C72H46N2O2Si/c1-3-19-51(20-4-1)77(52-21-5-2-6-22-52,70-36-18-29-59-61-46-50(42-44-68(61)76-72(59)70)73-63-31-13-8-24-54(63)55-25-9-14-32-64(55)73)69-35-17-28-58-60-45-49(41-43-67(60)75-71(58)69)47-37-39-48(40-38-47)53-23-7-12-30-62(53)74-65-33-15-10-26-56(65)57-27-11-16-34-66(57)74/h1-46H. The first kappa shape index (κ1) is 43.5. The van der Waals surface area contributed by atoms with Crippen LogP contribution in [-0.2, 0) is 0 Å². The van der Waals surface area contributed by atoms with Gasteiger partial charge in [-0.1, -0.05) is 218 Å². The van der Waals surface area contributed by atoms with Gasteiger partial charge in [-0.15, -0.1) is 0 Å². The van der Waals surface area contributed by atoms with E-state index in [9.17, 15) is 0 Å². The average Bonchev–Trinajstić information content (AvgIpc) is 4.47. The molecule has 16 aromatic rings. The number of furan rings is 2. The SMILES string of the molecule is c1ccc([Si](c2ccccc2)(c2cccc3c2oc2ccc(-c4ccc(-c5ccccc5-n5c6ccccc6c6ccccc65)cc4)cc23)c2cccc3c2oc2ccc(-n4c5ccccc5c5ccccc54)cc23)cc1. The number of hydrogen-bond acceptors (Lipinski definition) is 2. The van der Waals surface area contributed by atoms with E-state index in [1.165, 1.54) is 69.9 Å². The molecule has 0 atom stereocenters. The Hall–Kier alpha value is -9.94. The van der Waals surface area contributed by atoms with Gasteiger partial charge in [0.15, 0.2) is 8.07 Å². The molecule has 4 aromatic heterocycles. The second-order valence-corrected chi connectivity index (χ2v) is 24.0. The van der Waals surface area contributed by atoms with Crippen LogP contribution in [0.25, 0.3) is 121 Å². The maximum Gasteiger partial charge on any atom is 0.188 e. The Morgan fingerprint density at radius 1 is 0.273 bits per heavy atom. The molecule has 0 aliphatic carbocycles. The van der Waals surface area contributed by atoms with Crippen molar-refractivity contribution in [1.29, 1.82) is 0 Å². The summed E-state index contributed by atoms with van der Waals surface area (Å²) in [6.07, 6.45) is 0. The monoisotopic (exact) mass is 998 g/mol. The van der Waals surface area contributed by atoms with Gasteiger partial charge >= 0.3 is 0 Å². The first-order valence-electron chi connectivity index (χ1n) is 26.4. The fourth-order valence-corrected chi connectivity index (χ4v) is 17.9. The fourth-order valence-electron chi connectivity index (χ4n) is 12.9. The van der Waals surface area contributed by atoms with Gasteiger partial charge in [-0.2, -0.15) is 0 Å². The summed E-state index contributed by atoms with van der Waals surface area (Å²) < 4.78 is 19.3. The second kappa shape index (κ2) is 17.0. The van der Waals surface area contributed by atoms with Gasteiger partial charge in [0.05, 0.1) is 27.8 Å². The van der Waals surface area contributed by atoms with E-state index in [0.29, 0.717) is 0 Å². The summed E-state index contributed by atoms with van der Waals surface area (Å²) in [6, 6.07) is 102. The first-order chi connectivity index (χ1) is 38.2. The topological polar surface area (TPSA) is 36.1 Å². The summed E-state index contributed by atoms with van der Waals surface area (Å²) in [5, 5.41) is 14.2. The Bertz CT molecular complexity index is 4840. The largest absolute Gasteiger partial charge is 0.456 e. The third-order valence-corrected chi connectivity index (χ3v) is 21.1. The van der Waals surface area contributed by atoms with Crippen LogP contribution in [0.15, 0.2) is 288 Å². The van der Waals surface area contributed by atoms with Crippen molar-refractivity contribution in [1.82, 2.24) is 9.13 Å². The summed E-state index contributed by atoms with van der Waals surface area (Å²) in [5.74, 6) is 0. The minimum Gasteiger partial charge on any atom is -0.456 e. The Kier molecular flexibility index (Phi) is 9.62. The zero-order valence-electron chi connectivity index (χ0n) is 41.8. The number of nitrogens with zero attached hydrogens (tertiary/aromatic N) is 2. The van der Waals surface area contributed by atoms with E-state index >= 15 is 0 Å². The van der Waals surface area contributed by atoms with Gasteiger partial charge in [0.2, 0.25) is 0 Å². The lowest BCUT2D eigenvalue weighted by Crippen LogP contribution is -2.75. The zero-order chi connectivity index (χ0) is 50.6. The van der Waals surface area contributed by atoms with Gasteiger partial charge in [-0.3, -0.25) is 0 Å². The van der Waals surface area contributed by atoms with Gasteiger partial charge < -0.3 is 18.0 Å². The van der Waals surface area contributed by atoms with Gasteiger partial charge in [-0.25, -0.2) is 0 Å². The van der Waals surface area contributed by atoms with Gasteiger partial charge in [0.25, 0.3) is 0 Å². The van der Waals surface area contributed by atoms with Crippen LogP contribution in [0.5, 0.6) is 0 Å². The summed E-state index contributed by atoms with van der Waals surface area (Å²) in [4.78, 5) is 0. The highest BCUT2D eigenvalue weighted by Gasteiger charge is 2.45. The summed E-state index contributed by atoms with van der Waals surface area (Å²) >= 11 is 0. The Labute approximate surface area is 444 Å². The molecule has 4 heterocycles. The number of rotatable bonds is 8. The quantitative estimate of drug-likeness (QED) is 0.112. The molecule has 77 heavy (non-hydrogen) atoms. The predicted molar refractivity (Wildman–Crippen MR) is 324 cm³/mol. The van der Waals surface area contributed by atoms with Gasteiger partial charge in [-0.05, 0) is 98.1 Å². The molecule has 12 aromatic carbocycles. The van der Waals surface area contributed by atoms with Crippen molar-refractivity contribution in [2.24, 2.45) is 0 Å². The molecule has 0 spiro atoms. The number of hydrogen-bond donors (Lipinski definition) is 0. The molecule has 4 nitrogen and oxygen atoms in total. The van der Waals surface area contributed by atoms with Crippen molar-refractivity contribution >= 4 is 116 Å². The molecule has 0 aliphatic heterocycles. The van der Waals surface area contributed by atoms with E-state index in [4.69, 9.17) is 8.83 Å². The van der Waals surface area contributed by atoms with E-state index in [1.807, 2.05) is 0 Å². The third kappa shape index (κ3) is 6.45. The van der Waals surface area contributed by atoms with E-state index in [2.05, 4.69) is 288 Å². The highest BCUT2D eigenvalue weighted by Crippen LogP contribution is 2.40. The minimum atomic E-state index is -3.26. The van der Waals surface area contributed by atoms with Gasteiger partial charge in [0.1, 0.15) is 22.3 Å². The molecule has 0 aliphatic rings. The molecule has 0 bridgehead atoms. The van der Waals surface area contributed by atoms with Crippen molar-refractivity contribution in [2.45, 2.75) is 0 Å². The lowest BCUT2D eigenvalue weighted by Gasteiger charge is -2.34. The Morgan fingerprint density at radius 3 is 1.23 bits per heavy atom. The first-order valence-corrected chi connectivity index (χ1v) is 28.4. The van der Waals surface area contributed by atoms with Crippen LogP contribution in [0.2, 0.25) is 0 Å². The highest BCUT2D eigenvalue weighted by atomic mass is 28.3. The van der Waals surface area contributed by atoms with E-state index < -0.39 is 8.07 Å². The zero-order valence-corrected chi connectivity index (χ0v) is 42.8. The summed E-state index contributed by atoms with van der Waals surface area (Å²) in [7, 11) is -3.26. The number of benzene rings is 12. The minimum absolute atomic E-state index is 0.857. The molecule has 360 valence electrons. The summed E-state index contributed by atoms with van der Waals surface area (Å²) in [5.41, 5.74) is 15.2. The molecule has 0 N–H and O–H groups in total.